The lowest BCUT2D eigenvalue weighted by Gasteiger charge is -2.24. The number of nitrogens with one attached hydrogen (secondary N) is 1. The number of hydrogen-bond acceptors (Lipinski definition) is 6. The number of nitrogens with zero attached hydrogens (tertiary/aromatic N) is 3. The van der Waals surface area contributed by atoms with Crippen molar-refractivity contribution in [3.8, 4) is 17.0 Å². The fourth-order valence-corrected chi connectivity index (χ4v) is 3.83. The first-order chi connectivity index (χ1) is 16.4. The summed E-state index contributed by atoms with van der Waals surface area (Å²) >= 11 is 0. The van der Waals surface area contributed by atoms with Gasteiger partial charge in [-0.2, -0.15) is 13.9 Å². The average molecular weight is 472 g/mol. The first-order valence-electron chi connectivity index (χ1n) is 10.7. The van der Waals surface area contributed by atoms with Crippen molar-refractivity contribution in [2.45, 2.75) is 38.6 Å². The van der Waals surface area contributed by atoms with E-state index in [1.807, 2.05) is 0 Å². The van der Waals surface area contributed by atoms with Crippen molar-refractivity contribution in [3.05, 3.63) is 76.0 Å². The molecule has 9 nitrogen and oxygen atoms in total. The summed E-state index contributed by atoms with van der Waals surface area (Å²) < 4.78 is 37.3. The molecule has 1 aliphatic heterocycles. The summed E-state index contributed by atoms with van der Waals surface area (Å²) in [7, 11) is 0. The molecule has 1 unspecified atom stereocenters. The molecule has 0 bridgehead atoms. The zero-order valence-electron chi connectivity index (χ0n) is 18.0. The Morgan fingerprint density at radius 1 is 1.24 bits per heavy atom. The molecule has 1 fully saturated rings. The molecule has 1 aromatic heterocycles. The third-order valence-corrected chi connectivity index (χ3v) is 5.40. The van der Waals surface area contributed by atoms with Crippen molar-refractivity contribution >= 4 is 11.6 Å². The summed E-state index contributed by atoms with van der Waals surface area (Å²) in [5.74, 6) is -0.847. The van der Waals surface area contributed by atoms with E-state index >= 15 is 0 Å². The lowest BCUT2D eigenvalue weighted by atomic mass is 10.1. The average Bonchev–Trinajstić information content (AvgIpc) is 3.27. The van der Waals surface area contributed by atoms with E-state index < -0.39 is 17.4 Å². The topological polar surface area (TPSA) is 109 Å². The van der Waals surface area contributed by atoms with Crippen LogP contribution in [0.2, 0.25) is 0 Å². The summed E-state index contributed by atoms with van der Waals surface area (Å²) in [6, 6.07) is 13.6. The molecule has 34 heavy (non-hydrogen) atoms. The molecule has 178 valence electrons. The monoisotopic (exact) mass is 472 g/mol. The van der Waals surface area contributed by atoms with E-state index in [1.165, 1.54) is 24.3 Å². The molecule has 2 aromatic carbocycles. The van der Waals surface area contributed by atoms with Crippen molar-refractivity contribution in [2.24, 2.45) is 0 Å². The Morgan fingerprint density at radius 2 is 2.00 bits per heavy atom. The van der Waals surface area contributed by atoms with Crippen molar-refractivity contribution < 1.29 is 28.0 Å². The van der Waals surface area contributed by atoms with Gasteiger partial charge in [-0.1, -0.05) is 24.3 Å². The first-order valence-corrected chi connectivity index (χ1v) is 10.7. The lowest BCUT2D eigenvalue weighted by Crippen LogP contribution is -2.27. The van der Waals surface area contributed by atoms with Crippen LogP contribution in [0.4, 0.5) is 14.5 Å². The fraction of sp³-hybridized carbons (Fsp3) is 0.304. The van der Waals surface area contributed by atoms with E-state index in [1.54, 1.807) is 35.0 Å². The van der Waals surface area contributed by atoms with Gasteiger partial charge in [-0.05, 0) is 43.5 Å². The van der Waals surface area contributed by atoms with Crippen molar-refractivity contribution in [1.82, 2.24) is 15.1 Å². The molecule has 0 spiro atoms. The Bertz CT molecular complexity index is 1180. The fourth-order valence-electron chi connectivity index (χ4n) is 3.83. The van der Waals surface area contributed by atoms with Crippen LogP contribution >= 0.6 is 0 Å². The Hall–Kier alpha value is -3.86. The van der Waals surface area contributed by atoms with Crippen molar-refractivity contribution in [3.63, 3.8) is 0 Å². The number of carbonyl (C=O) groups excluding carboxylic acids is 1. The van der Waals surface area contributed by atoms with Crippen LogP contribution < -0.4 is 10.1 Å². The highest BCUT2D eigenvalue weighted by Crippen LogP contribution is 2.32. The minimum Gasteiger partial charge on any atom is -0.434 e. The Kier molecular flexibility index (Phi) is 7.12. The number of ether oxygens (including phenoxy) is 2. The SMILES string of the molecule is O=C(NCc1cc(-c2ccccc2[N+](=O)[O-])nn1C1CCCCO1)c1ccccc1OC(F)F. The number of amides is 1. The molecule has 4 rings (SSSR count). The second kappa shape index (κ2) is 10.4. The minimum atomic E-state index is -3.07. The number of carbonyl (C=O) groups is 1. The summed E-state index contributed by atoms with van der Waals surface area (Å²) in [4.78, 5) is 23.8. The van der Waals surface area contributed by atoms with Gasteiger partial charge in [-0.3, -0.25) is 14.9 Å². The van der Waals surface area contributed by atoms with Crippen LogP contribution in [0.15, 0.2) is 54.6 Å². The molecule has 1 saturated heterocycles. The second-order valence-corrected chi connectivity index (χ2v) is 7.62. The van der Waals surface area contributed by atoms with E-state index in [0.29, 0.717) is 30.0 Å². The third-order valence-electron chi connectivity index (χ3n) is 5.40. The minimum absolute atomic E-state index is 0.00463. The summed E-state index contributed by atoms with van der Waals surface area (Å²) in [5.41, 5.74) is 1.13. The highest BCUT2D eigenvalue weighted by molar-refractivity contribution is 5.96. The highest BCUT2D eigenvalue weighted by atomic mass is 19.3. The lowest BCUT2D eigenvalue weighted by molar-refractivity contribution is -0.384. The summed E-state index contributed by atoms with van der Waals surface area (Å²) in [5, 5.41) is 18.8. The number of aromatic nitrogens is 2. The number of alkyl halides is 2. The Balaban J connectivity index is 1.62. The van der Waals surface area contributed by atoms with E-state index in [4.69, 9.17) is 4.74 Å². The summed E-state index contributed by atoms with van der Waals surface area (Å²) in [6.07, 6.45) is 2.16. The summed E-state index contributed by atoms with van der Waals surface area (Å²) in [6.45, 7) is -2.52. The van der Waals surface area contributed by atoms with Crippen molar-refractivity contribution in [2.75, 3.05) is 6.61 Å². The maximum atomic E-state index is 12.7. The predicted octanol–water partition coefficient (Wildman–Crippen LogP) is 4.69. The van der Waals surface area contributed by atoms with Crippen LogP contribution in [0.1, 0.15) is 41.5 Å². The zero-order valence-corrected chi connectivity index (χ0v) is 18.0. The molecular formula is C23H22F2N4O5. The molecule has 0 radical (unpaired) electrons. The second-order valence-electron chi connectivity index (χ2n) is 7.62. The van der Waals surface area contributed by atoms with E-state index in [0.717, 1.165) is 12.8 Å². The maximum absolute atomic E-state index is 12.7. The Labute approximate surface area is 193 Å². The van der Waals surface area contributed by atoms with Gasteiger partial charge in [0, 0.05) is 12.7 Å². The predicted molar refractivity (Wildman–Crippen MR) is 117 cm³/mol. The molecule has 0 saturated carbocycles. The van der Waals surface area contributed by atoms with Crippen molar-refractivity contribution in [1.29, 1.82) is 0 Å². The van der Waals surface area contributed by atoms with Crippen LogP contribution in [0.5, 0.6) is 5.75 Å². The van der Waals surface area contributed by atoms with Crippen LogP contribution in [-0.2, 0) is 11.3 Å². The number of rotatable bonds is 8. The molecule has 1 atom stereocenters. The first kappa shape index (κ1) is 23.3. The van der Waals surface area contributed by atoms with Gasteiger partial charge in [0.05, 0.1) is 34.0 Å². The Morgan fingerprint density at radius 3 is 2.74 bits per heavy atom. The molecule has 1 N–H and O–H groups in total. The normalized spacial score (nSPS) is 15.8. The smallest absolute Gasteiger partial charge is 0.387 e. The van der Waals surface area contributed by atoms with Gasteiger partial charge in [-0.25, -0.2) is 4.68 Å². The molecule has 3 aromatic rings. The van der Waals surface area contributed by atoms with Gasteiger partial charge in [-0.15, -0.1) is 0 Å². The van der Waals surface area contributed by atoms with Gasteiger partial charge in [0.25, 0.3) is 11.6 Å². The van der Waals surface area contributed by atoms with Crippen LogP contribution in [-0.4, -0.2) is 33.8 Å². The van der Waals surface area contributed by atoms with Crippen LogP contribution in [0, 0.1) is 10.1 Å². The van der Waals surface area contributed by atoms with Crippen LogP contribution in [0.25, 0.3) is 11.3 Å². The highest BCUT2D eigenvalue weighted by Gasteiger charge is 2.24. The number of nitro groups is 1. The molecule has 1 amide bonds. The van der Waals surface area contributed by atoms with Gasteiger partial charge in [0.1, 0.15) is 5.75 Å². The number of hydrogen-bond donors (Lipinski definition) is 1. The number of para-hydroxylation sites is 2. The molecule has 2 heterocycles. The number of benzene rings is 2. The van der Waals surface area contributed by atoms with Gasteiger partial charge < -0.3 is 14.8 Å². The van der Waals surface area contributed by atoms with Crippen LogP contribution in [0.3, 0.4) is 0 Å². The van der Waals surface area contributed by atoms with E-state index in [-0.39, 0.29) is 29.8 Å². The zero-order chi connectivity index (χ0) is 24.1. The van der Waals surface area contributed by atoms with E-state index in [9.17, 15) is 23.7 Å². The van der Waals surface area contributed by atoms with E-state index in [2.05, 4.69) is 15.2 Å². The third kappa shape index (κ3) is 5.20. The van der Waals surface area contributed by atoms with Gasteiger partial charge >= 0.3 is 6.61 Å². The quantitative estimate of drug-likeness (QED) is 0.376. The number of nitro benzene ring substituents is 1. The number of halogens is 2. The molecule has 11 heteroatoms. The standard InChI is InChI=1S/C23H22F2N4O5/c24-23(25)34-20-10-4-2-8-17(20)22(30)26-14-15-13-18(16-7-1-3-9-19(16)29(31)32)27-28(15)21-11-5-6-12-33-21/h1-4,7-10,13,21,23H,5-6,11-12,14H2,(H,26,30). The molecule has 0 aliphatic carbocycles. The largest absolute Gasteiger partial charge is 0.434 e. The van der Waals surface area contributed by atoms with Gasteiger partial charge in [0.15, 0.2) is 6.23 Å². The molecule has 1 aliphatic rings. The molecular weight excluding hydrogens is 450 g/mol. The van der Waals surface area contributed by atoms with Gasteiger partial charge in [0.2, 0.25) is 0 Å². The maximum Gasteiger partial charge on any atom is 0.387 e.